The van der Waals surface area contributed by atoms with E-state index in [0.717, 1.165) is 22.3 Å². The fraction of sp³-hybridized carbons (Fsp3) is 0.250. The molecule has 1 heterocycles. The molecule has 0 saturated heterocycles. The molecule has 1 aliphatic rings. The van der Waals surface area contributed by atoms with Gasteiger partial charge in [-0.2, -0.15) is 0 Å². The summed E-state index contributed by atoms with van der Waals surface area (Å²) in [6, 6.07) is 14.7. The van der Waals surface area contributed by atoms with Crippen LogP contribution in [0.5, 0.6) is 34.5 Å². The van der Waals surface area contributed by atoms with Crippen LogP contribution in [-0.2, 0) is 6.61 Å². The summed E-state index contributed by atoms with van der Waals surface area (Å²) < 4.78 is 28.6. The Balaban J connectivity index is 2.06. The number of hydrogen-bond donors (Lipinski definition) is 1. The molecule has 4 rings (SSSR count). The van der Waals surface area contributed by atoms with Crippen LogP contribution in [0.4, 0.5) is 0 Å². The second-order valence-electron chi connectivity index (χ2n) is 6.96. The highest BCUT2D eigenvalue weighted by Crippen LogP contribution is 2.51. The Morgan fingerprint density at radius 1 is 0.767 bits per heavy atom. The van der Waals surface area contributed by atoms with Gasteiger partial charge in [0.25, 0.3) is 0 Å². The first-order valence-corrected chi connectivity index (χ1v) is 9.52. The van der Waals surface area contributed by atoms with Crippen molar-refractivity contribution in [3.8, 4) is 34.5 Å². The molecule has 0 spiro atoms. The number of phenolic OH excluding ortho intramolecular Hbond substituents is 1. The van der Waals surface area contributed by atoms with Crippen LogP contribution in [0.25, 0.3) is 0 Å². The van der Waals surface area contributed by atoms with Crippen LogP contribution in [0.1, 0.15) is 28.2 Å². The number of fused-ring (bicyclic) bond motifs is 2. The summed E-state index contributed by atoms with van der Waals surface area (Å²) in [6.45, 7) is 0.334. The lowest BCUT2D eigenvalue weighted by Crippen LogP contribution is -2.09. The smallest absolute Gasteiger partial charge is 0.131 e. The van der Waals surface area contributed by atoms with E-state index < -0.39 is 0 Å². The zero-order valence-corrected chi connectivity index (χ0v) is 17.4. The van der Waals surface area contributed by atoms with Gasteiger partial charge in [0.2, 0.25) is 0 Å². The van der Waals surface area contributed by atoms with E-state index in [1.807, 2.05) is 36.4 Å². The summed E-state index contributed by atoms with van der Waals surface area (Å²) in [7, 11) is 6.50. The van der Waals surface area contributed by atoms with Gasteiger partial charge in [-0.3, -0.25) is 0 Å². The molecule has 1 aliphatic heterocycles. The van der Waals surface area contributed by atoms with E-state index in [-0.39, 0.29) is 11.7 Å². The third kappa shape index (κ3) is 3.34. The van der Waals surface area contributed by atoms with E-state index in [4.69, 9.17) is 23.7 Å². The maximum Gasteiger partial charge on any atom is 0.131 e. The molecule has 0 aromatic heterocycles. The number of ether oxygens (including phenoxy) is 5. The maximum atomic E-state index is 9.83. The van der Waals surface area contributed by atoms with Crippen LogP contribution in [-0.4, -0.2) is 33.5 Å². The van der Waals surface area contributed by atoms with Crippen molar-refractivity contribution in [1.29, 1.82) is 0 Å². The van der Waals surface area contributed by atoms with Crippen molar-refractivity contribution >= 4 is 0 Å². The van der Waals surface area contributed by atoms with E-state index in [0.29, 0.717) is 35.4 Å². The molecule has 6 heteroatoms. The van der Waals surface area contributed by atoms with Crippen LogP contribution in [0, 0.1) is 0 Å². The molecule has 1 atom stereocenters. The second kappa shape index (κ2) is 8.06. The first-order valence-electron chi connectivity index (χ1n) is 9.52. The Morgan fingerprint density at radius 3 is 1.97 bits per heavy atom. The molecule has 0 radical (unpaired) electrons. The molecule has 6 nitrogen and oxygen atoms in total. The first-order chi connectivity index (χ1) is 14.6. The van der Waals surface area contributed by atoms with Gasteiger partial charge in [0.15, 0.2) is 0 Å². The molecule has 0 saturated carbocycles. The summed E-state index contributed by atoms with van der Waals surface area (Å²) in [5.41, 5.74) is 3.74. The highest BCUT2D eigenvalue weighted by molar-refractivity contribution is 5.64. The Labute approximate surface area is 175 Å². The maximum absolute atomic E-state index is 9.83. The van der Waals surface area contributed by atoms with Gasteiger partial charge in [0.05, 0.1) is 28.4 Å². The number of aromatic hydroxyl groups is 1. The summed E-state index contributed by atoms with van der Waals surface area (Å²) in [6.07, 6.45) is 0. The van der Waals surface area contributed by atoms with Crippen LogP contribution in [0.15, 0.2) is 48.5 Å². The predicted octanol–water partition coefficient (Wildman–Crippen LogP) is 4.50. The third-order valence-electron chi connectivity index (χ3n) is 5.38. The summed E-state index contributed by atoms with van der Waals surface area (Å²) >= 11 is 0. The number of methoxy groups -OCH3 is 4. The highest BCUT2D eigenvalue weighted by Gasteiger charge is 2.33. The summed E-state index contributed by atoms with van der Waals surface area (Å²) in [4.78, 5) is 0. The first kappa shape index (κ1) is 19.8. The van der Waals surface area contributed by atoms with Gasteiger partial charge in [-0.15, -0.1) is 0 Å². The largest absolute Gasteiger partial charge is 0.508 e. The minimum atomic E-state index is -0.250. The van der Waals surface area contributed by atoms with E-state index in [1.165, 1.54) is 0 Å². The molecule has 0 bridgehead atoms. The van der Waals surface area contributed by atoms with E-state index in [2.05, 4.69) is 0 Å². The van der Waals surface area contributed by atoms with E-state index in [9.17, 15) is 5.11 Å². The quantitative estimate of drug-likeness (QED) is 0.671. The van der Waals surface area contributed by atoms with Gasteiger partial charge in [-0.1, -0.05) is 12.1 Å². The predicted molar refractivity (Wildman–Crippen MR) is 112 cm³/mol. The SMILES string of the molecule is COc1cc2c(c(OC)c1)C(c1ccc(O)cc1)c1c(OC)cc(OC)cc1OC2. The normalized spacial score (nSPS) is 14.6. The number of hydrogen-bond acceptors (Lipinski definition) is 6. The van der Waals surface area contributed by atoms with Crippen LogP contribution >= 0.6 is 0 Å². The number of rotatable bonds is 5. The summed E-state index contributed by atoms with van der Waals surface area (Å²) in [5.74, 6) is 3.29. The van der Waals surface area contributed by atoms with E-state index >= 15 is 0 Å². The van der Waals surface area contributed by atoms with Crippen LogP contribution in [0.2, 0.25) is 0 Å². The lowest BCUT2D eigenvalue weighted by atomic mass is 9.81. The molecule has 30 heavy (non-hydrogen) atoms. The zero-order valence-electron chi connectivity index (χ0n) is 17.4. The lowest BCUT2D eigenvalue weighted by Gasteiger charge is -2.24. The van der Waals surface area contributed by atoms with Crippen molar-refractivity contribution in [3.05, 3.63) is 70.8 Å². The summed E-state index contributed by atoms with van der Waals surface area (Å²) in [5, 5.41) is 9.83. The van der Waals surface area contributed by atoms with Gasteiger partial charge < -0.3 is 28.8 Å². The van der Waals surface area contributed by atoms with Crippen molar-refractivity contribution in [3.63, 3.8) is 0 Å². The second-order valence-corrected chi connectivity index (χ2v) is 6.96. The fourth-order valence-electron chi connectivity index (χ4n) is 3.96. The average molecular weight is 408 g/mol. The number of phenols is 1. The Kier molecular flexibility index (Phi) is 5.31. The molecule has 3 aromatic carbocycles. The highest BCUT2D eigenvalue weighted by atomic mass is 16.5. The molecule has 1 N–H and O–H groups in total. The van der Waals surface area contributed by atoms with Crippen molar-refractivity contribution in [2.45, 2.75) is 12.5 Å². The Morgan fingerprint density at radius 2 is 1.37 bits per heavy atom. The van der Waals surface area contributed by atoms with Gasteiger partial charge in [-0.05, 0) is 23.8 Å². The molecule has 0 fully saturated rings. The van der Waals surface area contributed by atoms with Crippen molar-refractivity contribution < 1.29 is 28.8 Å². The van der Waals surface area contributed by atoms with E-state index in [1.54, 1.807) is 40.6 Å². The average Bonchev–Trinajstić information content (AvgIpc) is 2.95. The molecular weight excluding hydrogens is 384 g/mol. The van der Waals surface area contributed by atoms with Crippen LogP contribution in [0.3, 0.4) is 0 Å². The number of benzene rings is 3. The minimum absolute atomic E-state index is 0.201. The molecule has 0 amide bonds. The molecule has 156 valence electrons. The van der Waals surface area contributed by atoms with Gasteiger partial charge in [-0.25, -0.2) is 0 Å². The topological polar surface area (TPSA) is 66.4 Å². The lowest BCUT2D eigenvalue weighted by molar-refractivity contribution is 0.299. The Hall–Kier alpha value is -3.54. The third-order valence-corrected chi connectivity index (χ3v) is 5.38. The van der Waals surface area contributed by atoms with Crippen molar-refractivity contribution in [2.24, 2.45) is 0 Å². The van der Waals surface area contributed by atoms with Crippen molar-refractivity contribution in [2.75, 3.05) is 28.4 Å². The van der Waals surface area contributed by atoms with Gasteiger partial charge in [0.1, 0.15) is 41.1 Å². The monoisotopic (exact) mass is 408 g/mol. The van der Waals surface area contributed by atoms with Gasteiger partial charge in [0, 0.05) is 40.8 Å². The molecule has 3 aromatic rings. The fourth-order valence-corrected chi connectivity index (χ4v) is 3.96. The molecular formula is C24H24O6. The standard InChI is InChI=1S/C24H24O6/c1-26-17-9-15-13-30-21-12-18(27-2)11-20(29-4)24(21)23(22(15)19(10-17)28-3)14-5-7-16(25)8-6-14/h5-12,23,25H,13H2,1-4H3. The van der Waals surface area contributed by atoms with Crippen molar-refractivity contribution in [1.82, 2.24) is 0 Å². The zero-order chi connectivity index (χ0) is 21.3. The minimum Gasteiger partial charge on any atom is -0.508 e. The molecule has 1 unspecified atom stereocenters. The van der Waals surface area contributed by atoms with Gasteiger partial charge >= 0.3 is 0 Å². The Bertz CT molecular complexity index is 995. The van der Waals surface area contributed by atoms with Crippen LogP contribution < -0.4 is 23.7 Å². The molecule has 0 aliphatic carbocycles.